The average molecular weight is 241 g/mol. The van der Waals surface area contributed by atoms with Gasteiger partial charge in [0.15, 0.2) is 0 Å². The molecule has 0 bridgehead atoms. The molecule has 2 heteroatoms. The van der Waals surface area contributed by atoms with Crippen LogP contribution in [0.2, 0.25) is 0 Å². The monoisotopic (exact) mass is 240 g/mol. The van der Waals surface area contributed by atoms with Crippen LogP contribution < -0.4 is 0 Å². The van der Waals surface area contributed by atoms with Crippen molar-refractivity contribution in [3.05, 3.63) is 33.8 Å². The van der Waals surface area contributed by atoms with E-state index in [1.54, 1.807) is 0 Å². The first-order chi connectivity index (χ1) is 5.95. The summed E-state index contributed by atoms with van der Waals surface area (Å²) in [6.45, 7) is 6.38. The van der Waals surface area contributed by atoms with Gasteiger partial charge in [-0.15, -0.1) is 0 Å². The minimum absolute atomic E-state index is 0.0673. The predicted octanol–water partition coefficient (Wildman–Crippen LogP) is 3.56. The molecule has 0 fully saturated rings. The summed E-state index contributed by atoms with van der Waals surface area (Å²) < 4.78 is 1.06. The minimum atomic E-state index is 0.0673. The first kappa shape index (κ1) is 10.5. The SMILES string of the molecule is CC(C)(C)c1cc(C=O)ccc1Br. The molecule has 0 aliphatic rings. The van der Waals surface area contributed by atoms with Gasteiger partial charge in [0.2, 0.25) is 0 Å². The number of carbonyl (C=O) groups excluding carboxylic acids is 1. The van der Waals surface area contributed by atoms with Gasteiger partial charge in [-0.2, -0.15) is 0 Å². The standard InChI is InChI=1S/C11H13BrO/c1-11(2,3)9-6-8(7-13)4-5-10(9)12/h4-7H,1-3H3. The Balaban J connectivity index is 3.27. The summed E-state index contributed by atoms with van der Waals surface area (Å²) in [4.78, 5) is 10.6. The summed E-state index contributed by atoms with van der Waals surface area (Å²) in [5.74, 6) is 0. The summed E-state index contributed by atoms with van der Waals surface area (Å²) >= 11 is 3.48. The van der Waals surface area contributed by atoms with Gasteiger partial charge in [-0.1, -0.05) is 42.8 Å². The Bertz CT molecular complexity index is 323. The highest BCUT2D eigenvalue weighted by Crippen LogP contribution is 2.29. The Morgan fingerprint density at radius 3 is 2.38 bits per heavy atom. The van der Waals surface area contributed by atoms with E-state index in [0.717, 1.165) is 21.9 Å². The van der Waals surface area contributed by atoms with Crippen LogP contribution in [0.25, 0.3) is 0 Å². The molecule has 0 unspecified atom stereocenters. The number of aldehydes is 1. The number of halogens is 1. The summed E-state index contributed by atoms with van der Waals surface area (Å²) in [5.41, 5.74) is 1.96. The molecule has 0 saturated heterocycles. The van der Waals surface area contributed by atoms with E-state index in [4.69, 9.17) is 0 Å². The molecule has 0 radical (unpaired) electrons. The summed E-state index contributed by atoms with van der Waals surface area (Å²) in [6, 6.07) is 5.66. The highest BCUT2D eigenvalue weighted by Gasteiger charge is 2.16. The van der Waals surface area contributed by atoms with E-state index < -0.39 is 0 Å². The van der Waals surface area contributed by atoms with Crippen molar-refractivity contribution in [3.63, 3.8) is 0 Å². The van der Waals surface area contributed by atoms with Crippen LogP contribution >= 0.6 is 15.9 Å². The smallest absolute Gasteiger partial charge is 0.150 e. The van der Waals surface area contributed by atoms with Crippen molar-refractivity contribution in [1.82, 2.24) is 0 Å². The zero-order chi connectivity index (χ0) is 10.1. The molecular weight excluding hydrogens is 228 g/mol. The van der Waals surface area contributed by atoms with Crippen molar-refractivity contribution in [2.24, 2.45) is 0 Å². The van der Waals surface area contributed by atoms with Gasteiger partial charge >= 0.3 is 0 Å². The Hall–Kier alpha value is -0.630. The van der Waals surface area contributed by atoms with Crippen molar-refractivity contribution in [1.29, 1.82) is 0 Å². The van der Waals surface area contributed by atoms with E-state index >= 15 is 0 Å². The van der Waals surface area contributed by atoms with E-state index in [0.29, 0.717) is 0 Å². The van der Waals surface area contributed by atoms with Crippen molar-refractivity contribution >= 4 is 22.2 Å². The number of rotatable bonds is 1. The van der Waals surface area contributed by atoms with Gasteiger partial charge in [0.05, 0.1) is 0 Å². The minimum Gasteiger partial charge on any atom is -0.298 e. The molecule has 0 N–H and O–H groups in total. The topological polar surface area (TPSA) is 17.1 Å². The summed E-state index contributed by atoms with van der Waals surface area (Å²) in [6.07, 6.45) is 0.877. The lowest BCUT2D eigenvalue weighted by molar-refractivity contribution is 0.112. The second-order valence-electron chi connectivity index (χ2n) is 4.11. The van der Waals surface area contributed by atoms with Gasteiger partial charge < -0.3 is 0 Å². The molecule has 1 rings (SSSR count). The zero-order valence-corrected chi connectivity index (χ0v) is 9.68. The lowest BCUT2D eigenvalue weighted by Crippen LogP contribution is -2.12. The third-order valence-corrected chi connectivity index (χ3v) is 2.63. The molecule has 1 nitrogen and oxygen atoms in total. The van der Waals surface area contributed by atoms with Gasteiger partial charge in [0.1, 0.15) is 6.29 Å². The number of carbonyl (C=O) groups is 1. The van der Waals surface area contributed by atoms with Gasteiger partial charge in [0, 0.05) is 10.0 Å². The molecule has 0 spiro atoms. The van der Waals surface area contributed by atoms with Crippen molar-refractivity contribution in [2.75, 3.05) is 0 Å². The largest absolute Gasteiger partial charge is 0.298 e. The molecule has 0 aliphatic heterocycles. The predicted molar refractivity (Wildman–Crippen MR) is 58.2 cm³/mol. The fourth-order valence-corrected chi connectivity index (χ4v) is 2.03. The third-order valence-electron chi connectivity index (χ3n) is 1.93. The Morgan fingerprint density at radius 1 is 1.31 bits per heavy atom. The second kappa shape index (κ2) is 3.62. The maximum absolute atomic E-state index is 10.6. The van der Waals surface area contributed by atoms with Crippen LogP contribution in [0.1, 0.15) is 36.7 Å². The molecule has 0 atom stereocenters. The molecule has 70 valence electrons. The number of benzene rings is 1. The van der Waals surface area contributed by atoms with E-state index in [9.17, 15) is 4.79 Å². The summed E-state index contributed by atoms with van der Waals surface area (Å²) in [7, 11) is 0. The summed E-state index contributed by atoms with van der Waals surface area (Å²) in [5, 5.41) is 0. The van der Waals surface area contributed by atoms with Crippen LogP contribution in [-0.4, -0.2) is 6.29 Å². The van der Waals surface area contributed by atoms with Crippen LogP contribution in [-0.2, 0) is 5.41 Å². The third kappa shape index (κ3) is 2.41. The van der Waals surface area contributed by atoms with Gasteiger partial charge in [-0.05, 0) is 23.1 Å². The maximum Gasteiger partial charge on any atom is 0.150 e. The molecule has 0 aromatic heterocycles. The van der Waals surface area contributed by atoms with E-state index in [1.807, 2.05) is 18.2 Å². The quantitative estimate of drug-likeness (QED) is 0.687. The normalized spacial score (nSPS) is 11.4. The van der Waals surface area contributed by atoms with E-state index in [1.165, 1.54) is 0 Å². The number of hydrogen-bond donors (Lipinski definition) is 0. The Kier molecular flexibility index (Phi) is 2.91. The second-order valence-corrected chi connectivity index (χ2v) is 4.96. The molecule has 13 heavy (non-hydrogen) atoms. The molecular formula is C11H13BrO. The van der Waals surface area contributed by atoms with Crippen molar-refractivity contribution in [2.45, 2.75) is 26.2 Å². The van der Waals surface area contributed by atoms with Gasteiger partial charge in [-0.25, -0.2) is 0 Å². The fraction of sp³-hybridized carbons (Fsp3) is 0.364. The molecule has 0 aliphatic carbocycles. The van der Waals surface area contributed by atoms with Crippen LogP contribution in [0.15, 0.2) is 22.7 Å². The lowest BCUT2D eigenvalue weighted by atomic mass is 9.86. The van der Waals surface area contributed by atoms with E-state index in [-0.39, 0.29) is 5.41 Å². The maximum atomic E-state index is 10.6. The van der Waals surface area contributed by atoms with Crippen LogP contribution in [0, 0.1) is 0 Å². The molecule has 0 saturated carbocycles. The van der Waals surface area contributed by atoms with Crippen molar-refractivity contribution < 1.29 is 4.79 Å². The van der Waals surface area contributed by atoms with Crippen LogP contribution in [0.4, 0.5) is 0 Å². The Morgan fingerprint density at radius 2 is 1.92 bits per heavy atom. The highest BCUT2D eigenvalue weighted by molar-refractivity contribution is 9.10. The molecule has 0 amide bonds. The lowest BCUT2D eigenvalue weighted by Gasteiger charge is -2.20. The molecule has 1 aromatic carbocycles. The van der Waals surface area contributed by atoms with Crippen molar-refractivity contribution in [3.8, 4) is 0 Å². The van der Waals surface area contributed by atoms with Gasteiger partial charge in [-0.3, -0.25) is 4.79 Å². The molecule has 1 aromatic rings. The highest BCUT2D eigenvalue weighted by atomic mass is 79.9. The number of hydrogen-bond acceptors (Lipinski definition) is 1. The van der Waals surface area contributed by atoms with E-state index in [2.05, 4.69) is 36.7 Å². The first-order valence-corrected chi connectivity index (χ1v) is 4.99. The Labute approximate surface area is 87.3 Å². The van der Waals surface area contributed by atoms with Gasteiger partial charge in [0.25, 0.3) is 0 Å². The van der Waals surface area contributed by atoms with Crippen LogP contribution in [0.5, 0.6) is 0 Å². The first-order valence-electron chi connectivity index (χ1n) is 4.20. The molecule has 0 heterocycles. The van der Waals surface area contributed by atoms with Crippen LogP contribution in [0.3, 0.4) is 0 Å². The fourth-order valence-electron chi connectivity index (χ4n) is 1.19. The zero-order valence-electron chi connectivity index (χ0n) is 8.10. The average Bonchev–Trinajstić information content (AvgIpc) is 2.03.